The molecule has 1 aromatic heterocycles. The van der Waals surface area contributed by atoms with Crippen LogP contribution >= 0.6 is 11.8 Å². The van der Waals surface area contributed by atoms with Gasteiger partial charge >= 0.3 is 6.18 Å². The first kappa shape index (κ1) is 17.9. The number of hydrogen-bond donors (Lipinski definition) is 2. The van der Waals surface area contributed by atoms with Gasteiger partial charge in [0.15, 0.2) is 5.69 Å². The van der Waals surface area contributed by atoms with Crippen molar-refractivity contribution in [2.75, 3.05) is 29.2 Å². The van der Waals surface area contributed by atoms with Crippen molar-refractivity contribution in [3.8, 4) is 0 Å². The highest BCUT2D eigenvalue weighted by molar-refractivity contribution is 7.98. The van der Waals surface area contributed by atoms with Gasteiger partial charge in [0.05, 0.1) is 0 Å². The zero-order valence-electron chi connectivity index (χ0n) is 12.4. The normalized spacial score (nSPS) is 13.0. The maximum Gasteiger partial charge on any atom is 0.433 e. The molecule has 0 aliphatic carbocycles. The van der Waals surface area contributed by atoms with Gasteiger partial charge in [0.1, 0.15) is 5.82 Å². The van der Waals surface area contributed by atoms with Crippen LogP contribution < -0.4 is 10.6 Å². The maximum absolute atomic E-state index is 12.9. The van der Waals surface area contributed by atoms with Gasteiger partial charge in [-0.1, -0.05) is 6.92 Å². The van der Waals surface area contributed by atoms with E-state index in [1.807, 2.05) is 20.1 Å². The van der Waals surface area contributed by atoms with Crippen LogP contribution in [0.25, 0.3) is 0 Å². The smallest absolute Gasteiger partial charge is 0.367 e. The highest BCUT2D eigenvalue weighted by Gasteiger charge is 2.33. The lowest BCUT2D eigenvalue weighted by molar-refractivity contribution is -0.141. The molecular formula is C13H21F3N4S. The van der Waals surface area contributed by atoms with Gasteiger partial charge in [-0.15, -0.1) is 0 Å². The number of rotatable bonds is 8. The van der Waals surface area contributed by atoms with E-state index in [-0.39, 0.29) is 17.8 Å². The second kappa shape index (κ2) is 8.31. The van der Waals surface area contributed by atoms with Gasteiger partial charge < -0.3 is 10.6 Å². The fraction of sp³-hybridized carbons (Fsp3) is 0.692. The largest absolute Gasteiger partial charge is 0.433 e. The summed E-state index contributed by atoms with van der Waals surface area (Å²) in [5.41, 5.74) is -0.935. The second-order valence-electron chi connectivity index (χ2n) is 4.71. The van der Waals surface area contributed by atoms with E-state index in [1.165, 1.54) is 0 Å². The molecule has 0 aliphatic rings. The number of thioether (sulfide) groups is 1. The minimum absolute atomic E-state index is 0.00578. The van der Waals surface area contributed by atoms with E-state index in [4.69, 9.17) is 0 Å². The van der Waals surface area contributed by atoms with Crippen molar-refractivity contribution < 1.29 is 13.2 Å². The zero-order valence-corrected chi connectivity index (χ0v) is 13.2. The minimum atomic E-state index is -4.48. The van der Waals surface area contributed by atoms with E-state index in [0.717, 1.165) is 24.7 Å². The van der Waals surface area contributed by atoms with Gasteiger partial charge in [0.2, 0.25) is 5.95 Å². The summed E-state index contributed by atoms with van der Waals surface area (Å²) in [5.74, 6) is 1.14. The summed E-state index contributed by atoms with van der Waals surface area (Å²) < 4.78 is 38.6. The first-order chi connectivity index (χ1) is 9.86. The molecule has 21 heavy (non-hydrogen) atoms. The average molecular weight is 322 g/mol. The molecule has 1 aromatic rings. The number of nitrogens with one attached hydrogen (secondary N) is 2. The summed E-state index contributed by atoms with van der Waals surface area (Å²) in [6, 6.07) is 1.000. The highest BCUT2D eigenvalue weighted by Crippen LogP contribution is 2.29. The van der Waals surface area contributed by atoms with Crippen molar-refractivity contribution in [2.45, 2.75) is 38.9 Å². The van der Waals surface area contributed by atoms with Crippen LogP contribution in [0, 0.1) is 0 Å². The van der Waals surface area contributed by atoms with Crippen LogP contribution in [0.3, 0.4) is 0 Å². The van der Waals surface area contributed by atoms with E-state index in [2.05, 4.69) is 20.6 Å². The number of aromatic nitrogens is 2. The van der Waals surface area contributed by atoms with E-state index < -0.39 is 11.9 Å². The molecule has 0 bridgehead atoms. The van der Waals surface area contributed by atoms with Crippen molar-refractivity contribution >= 4 is 23.5 Å². The van der Waals surface area contributed by atoms with Gasteiger partial charge in [-0.3, -0.25) is 0 Å². The van der Waals surface area contributed by atoms with Crippen molar-refractivity contribution in [2.24, 2.45) is 0 Å². The molecule has 0 aromatic carbocycles. The Labute approximate surface area is 127 Å². The molecule has 0 saturated carbocycles. The van der Waals surface area contributed by atoms with Crippen LogP contribution in [0.2, 0.25) is 0 Å². The third kappa shape index (κ3) is 6.41. The molecule has 0 spiro atoms. The van der Waals surface area contributed by atoms with E-state index in [0.29, 0.717) is 6.54 Å². The third-order valence-electron chi connectivity index (χ3n) is 2.70. The summed E-state index contributed by atoms with van der Waals surface area (Å²) in [6.07, 6.45) is -0.854. The lowest BCUT2D eigenvalue weighted by Gasteiger charge is -2.16. The van der Waals surface area contributed by atoms with E-state index in [1.54, 1.807) is 11.8 Å². The molecule has 1 rings (SSSR count). The molecule has 0 radical (unpaired) electrons. The van der Waals surface area contributed by atoms with Crippen molar-refractivity contribution in [3.63, 3.8) is 0 Å². The molecular weight excluding hydrogens is 301 g/mol. The summed E-state index contributed by atoms with van der Waals surface area (Å²) in [4.78, 5) is 7.61. The van der Waals surface area contributed by atoms with Gasteiger partial charge in [0, 0.05) is 18.7 Å². The van der Waals surface area contributed by atoms with Crippen LogP contribution in [-0.4, -0.2) is 34.6 Å². The molecule has 2 N–H and O–H groups in total. The molecule has 1 unspecified atom stereocenters. The van der Waals surface area contributed by atoms with Gasteiger partial charge in [-0.2, -0.15) is 29.9 Å². The second-order valence-corrected chi connectivity index (χ2v) is 5.70. The Morgan fingerprint density at radius 2 is 2.05 bits per heavy atom. The lowest BCUT2D eigenvalue weighted by atomic mass is 10.2. The topological polar surface area (TPSA) is 49.8 Å². The first-order valence-electron chi connectivity index (χ1n) is 6.82. The molecule has 8 heteroatoms. The number of halogens is 3. The molecule has 1 heterocycles. The number of anilines is 2. The van der Waals surface area contributed by atoms with Crippen molar-refractivity contribution in [3.05, 3.63) is 11.8 Å². The Kier molecular flexibility index (Phi) is 7.07. The van der Waals surface area contributed by atoms with Crippen LogP contribution in [0.15, 0.2) is 6.07 Å². The van der Waals surface area contributed by atoms with Crippen molar-refractivity contribution in [1.82, 2.24) is 9.97 Å². The van der Waals surface area contributed by atoms with E-state index in [9.17, 15) is 13.2 Å². The highest BCUT2D eigenvalue weighted by atomic mass is 32.2. The van der Waals surface area contributed by atoms with Crippen LogP contribution in [0.5, 0.6) is 0 Å². The SMILES string of the molecule is CCCNc1nc(NC(C)CCSC)cc(C(F)(F)F)n1. The molecule has 1 atom stereocenters. The third-order valence-corrected chi connectivity index (χ3v) is 3.34. The Bertz CT molecular complexity index is 440. The van der Waals surface area contributed by atoms with E-state index >= 15 is 0 Å². The van der Waals surface area contributed by atoms with Crippen LogP contribution in [-0.2, 0) is 6.18 Å². The Morgan fingerprint density at radius 3 is 2.62 bits per heavy atom. The van der Waals surface area contributed by atoms with Crippen molar-refractivity contribution in [1.29, 1.82) is 0 Å². The quantitative estimate of drug-likeness (QED) is 0.761. The summed E-state index contributed by atoms with van der Waals surface area (Å²) in [5, 5.41) is 5.80. The summed E-state index contributed by atoms with van der Waals surface area (Å²) in [7, 11) is 0. The monoisotopic (exact) mass is 322 g/mol. The molecule has 0 fully saturated rings. The zero-order chi connectivity index (χ0) is 15.9. The lowest BCUT2D eigenvalue weighted by Crippen LogP contribution is -2.19. The molecule has 0 amide bonds. The summed E-state index contributed by atoms with van der Waals surface area (Å²) >= 11 is 1.70. The maximum atomic E-state index is 12.9. The minimum Gasteiger partial charge on any atom is -0.367 e. The molecule has 120 valence electrons. The molecule has 0 aliphatic heterocycles. The fourth-order valence-electron chi connectivity index (χ4n) is 1.60. The number of alkyl halides is 3. The number of nitrogens with zero attached hydrogens (tertiary/aromatic N) is 2. The van der Waals surface area contributed by atoms with Gasteiger partial charge in [0.25, 0.3) is 0 Å². The Morgan fingerprint density at radius 1 is 1.33 bits per heavy atom. The Balaban J connectivity index is 2.90. The Hall–Kier alpha value is -1.18. The molecule has 0 saturated heterocycles. The fourth-order valence-corrected chi connectivity index (χ4v) is 2.19. The average Bonchev–Trinajstić information content (AvgIpc) is 2.41. The van der Waals surface area contributed by atoms with Gasteiger partial charge in [-0.25, -0.2) is 4.98 Å². The number of hydrogen-bond acceptors (Lipinski definition) is 5. The standard InChI is InChI=1S/C13H21F3N4S/c1-4-6-17-12-19-10(13(14,15)16)8-11(20-12)18-9(2)5-7-21-3/h8-9H,4-7H2,1-3H3,(H2,17,18,19,20). The predicted molar refractivity (Wildman–Crippen MR) is 81.9 cm³/mol. The first-order valence-corrected chi connectivity index (χ1v) is 8.21. The molecule has 4 nitrogen and oxygen atoms in total. The van der Waals surface area contributed by atoms with Crippen LogP contribution in [0.4, 0.5) is 24.9 Å². The predicted octanol–water partition coefficient (Wildman–Crippen LogP) is 3.87. The van der Waals surface area contributed by atoms with Gasteiger partial charge in [-0.05, 0) is 31.8 Å². The summed E-state index contributed by atoms with van der Waals surface area (Å²) in [6.45, 7) is 4.37. The van der Waals surface area contributed by atoms with Crippen LogP contribution in [0.1, 0.15) is 32.4 Å².